The Bertz CT molecular complexity index is 580. The number of ether oxygens (including phenoxy) is 1. The van der Waals surface area contributed by atoms with E-state index in [1.807, 2.05) is 31.3 Å². The maximum Gasteiger partial charge on any atom is 0.227 e. The van der Waals surface area contributed by atoms with E-state index in [9.17, 15) is 4.79 Å². The molecule has 20 heavy (non-hydrogen) atoms. The van der Waals surface area contributed by atoms with Gasteiger partial charge < -0.3 is 15.8 Å². The minimum Gasteiger partial charge on any atom is -0.490 e. The Hall–Kier alpha value is -2.34. The molecule has 2 aromatic rings. The highest BCUT2D eigenvalue weighted by atomic mass is 16.5. The predicted molar refractivity (Wildman–Crippen MR) is 76.3 cm³/mol. The monoisotopic (exact) mass is 274 g/mol. The van der Waals surface area contributed by atoms with E-state index >= 15 is 0 Å². The number of carbonyl (C=O) groups is 1. The minimum absolute atomic E-state index is 0.102. The van der Waals surface area contributed by atoms with Gasteiger partial charge in [0.15, 0.2) is 5.75 Å². The van der Waals surface area contributed by atoms with E-state index in [0.29, 0.717) is 18.9 Å². The smallest absolute Gasteiger partial charge is 0.227 e. The average Bonchev–Trinajstić information content (AvgIpc) is 2.85. The van der Waals surface area contributed by atoms with Crippen molar-refractivity contribution in [3.63, 3.8) is 0 Å². The number of nitrogens with one attached hydrogen (secondary N) is 1. The lowest BCUT2D eigenvalue weighted by Crippen LogP contribution is -2.16. The highest BCUT2D eigenvalue weighted by molar-refractivity contribution is 5.91. The van der Waals surface area contributed by atoms with Crippen LogP contribution in [-0.4, -0.2) is 22.3 Å². The maximum atomic E-state index is 11.8. The second kappa shape index (κ2) is 6.72. The molecular formula is C14H18N4O2. The van der Waals surface area contributed by atoms with E-state index in [-0.39, 0.29) is 12.3 Å². The first-order chi connectivity index (χ1) is 9.69. The fourth-order valence-electron chi connectivity index (χ4n) is 1.77. The van der Waals surface area contributed by atoms with Crippen LogP contribution in [-0.2, 0) is 18.4 Å². The molecule has 2 rings (SSSR count). The van der Waals surface area contributed by atoms with Gasteiger partial charge in [-0.25, -0.2) is 0 Å². The fourth-order valence-corrected chi connectivity index (χ4v) is 1.77. The summed E-state index contributed by atoms with van der Waals surface area (Å²) in [4.78, 5) is 11.8. The molecule has 0 aliphatic heterocycles. The number of nitrogens with zero attached hydrogens (tertiary/aromatic N) is 2. The maximum absolute atomic E-state index is 11.8. The number of aryl methyl sites for hydroxylation is 1. The van der Waals surface area contributed by atoms with Crippen LogP contribution in [0.1, 0.15) is 12.0 Å². The summed E-state index contributed by atoms with van der Waals surface area (Å²) in [6.45, 7) is 0.699. The van der Waals surface area contributed by atoms with Gasteiger partial charge in [0, 0.05) is 19.3 Å². The lowest BCUT2D eigenvalue weighted by Gasteiger charge is -2.09. The molecule has 1 aromatic carbocycles. The zero-order valence-corrected chi connectivity index (χ0v) is 11.4. The van der Waals surface area contributed by atoms with E-state index in [2.05, 4.69) is 10.4 Å². The van der Waals surface area contributed by atoms with Crippen molar-refractivity contribution in [3.8, 4) is 5.75 Å². The number of hydrogen-bond donors (Lipinski definition) is 2. The molecule has 3 N–H and O–H groups in total. The molecule has 1 aromatic heterocycles. The molecule has 106 valence electrons. The number of rotatable bonds is 6. The Morgan fingerprint density at radius 2 is 2.25 bits per heavy atom. The molecule has 0 saturated carbocycles. The molecule has 0 aliphatic carbocycles. The number of aromatic nitrogens is 2. The van der Waals surface area contributed by atoms with Gasteiger partial charge in [-0.05, 0) is 11.6 Å². The summed E-state index contributed by atoms with van der Waals surface area (Å²) in [7, 11) is 1.81. The van der Waals surface area contributed by atoms with Crippen LogP contribution in [0.5, 0.6) is 5.75 Å². The lowest BCUT2D eigenvalue weighted by atomic mass is 10.2. The molecule has 0 bridgehead atoms. The normalized spacial score (nSPS) is 10.3. The fraction of sp³-hybridized carbons (Fsp3) is 0.286. The van der Waals surface area contributed by atoms with Crippen LogP contribution in [0.15, 0.2) is 36.7 Å². The average molecular weight is 274 g/mol. The highest BCUT2D eigenvalue weighted by Crippen LogP contribution is 2.14. The molecule has 0 fully saturated rings. The van der Waals surface area contributed by atoms with Crippen LogP contribution in [0.3, 0.4) is 0 Å². The summed E-state index contributed by atoms with van der Waals surface area (Å²) in [5.74, 6) is 0.553. The van der Waals surface area contributed by atoms with Gasteiger partial charge in [-0.1, -0.05) is 18.2 Å². The Morgan fingerprint density at radius 3 is 2.95 bits per heavy atom. The first-order valence-electron chi connectivity index (χ1n) is 6.38. The summed E-state index contributed by atoms with van der Waals surface area (Å²) in [6.07, 6.45) is 3.64. The third-order valence-corrected chi connectivity index (χ3v) is 2.79. The third kappa shape index (κ3) is 3.83. The summed E-state index contributed by atoms with van der Waals surface area (Å²) in [6, 6.07) is 7.48. The van der Waals surface area contributed by atoms with Crippen molar-refractivity contribution in [1.82, 2.24) is 9.78 Å². The lowest BCUT2D eigenvalue weighted by molar-refractivity contribution is -0.116. The van der Waals surface area contributed by atoms with E-state index in [4.69, 9.17) is 10.5 Å². The second-order valence-electron chi connectivity index (χ2n) is 4.36. The van der Waals surface area contributed by atoms with Crippen LogP contribution < -0.4 is 15.8 Å². The zero-order chi connectivity index (χ0) is 14.4. The third-order valence-electron chi connectivity index (χ3n) is 2.79. The number of nitrogens with two attached hydrogens (primary N) is 1. The summed E-state index contributed by atoms with van der Waals surface area (Å²) < 4.78 is 7.07. The van der Waals surface area contributed by atoms with Gasteiger partial charge in [-0.2, -0.15) is 5.10 Å². The Kier molecular flexibility index (Phi) is 4.73. The Morgan fingerprint density at radius 1 is 1.45 bits per heavy atom. The van der Waals surface area contributed by atoms with Crippen LogP contribution in [0.2, 0.25) is 0 Å². The molecule has 0 unspecified atom stereocenters. The molecule has 6 nitrogen and oxygen atoms in total. The SMILES string of the molecule is Cn1cc(OCCC(=O)Nc2ccccc2CN)cn1. The topological polar surface area (TPSA) is 82.2 Å². The number of hydrogen-bond acceptors (Lipinski definition) is 4. The quantitative estimate of drug-likeness (QED) is 0.831. The van der Waals surface area contributed by atoms with Crippen molar-refractivity contribution in [2.45, 2.75) is 13.0 Å². The van der Waals surface area contributed by atoms with Crippen LogP contribution in [0.4, 0.5) is 5.69 Å². The standard InChI is InChI=1S/C14H18N4O2/c1-18-10-12(9-16-18)20-7-6-14(19)17-13-5-3-2-4-11(13)8-15/h2-5,9-10H,6-8,15H2,1H3,(H,17,19). The van der Waals surface area contributed by atoms with Gasteiger partial charge in [0.1, 0.15) is 0 Å². The van der Waals surface area contributed by atoms with Gasteiger partial charge in [0.2, 0.25) is 5.91 Å². The molecule has 1 amide bonds. The van der Waals surface area contributed by atoms with Gasteiger partial charge >= 0.3 is 0 Å². The number of benzene rings is 1. The Labute approximate surface area is 117 Å². The zero-order valence-electron chi connectivity index (χ0n) is 11.4. The van der Waals surface area contributed by atoms with Crippen molar-refractivity contribution in [2.24, 2.45) is 12.8 Å². The summed E-state index contributed by atoms with van der Waals surface area (Å²) >= 11 is 0. The van der Waals surface area contributed by atoms with Crippen molar-refractivity contribution in [1.29, 1.82) is 0 Å². The van der Waals surface area contributed by atoms with Crippen molar-refractivity contribution >= 4 is 11.6 Å². The van der Waals surface area contributed by atoms with E-state index < -0.39 is 0 Å². The number of amides is 1. The second-order valence-corrected chi connectivity index (χ2v) is 4.36. The van der Waals surface area contributed by atoms with E-state index in [1.165, 1.54) is 0 Å². The number of para-hydroxylation sites is 1. The molecule has 0 saturated heterocycles. The Balaban J connectivity index is 1.80. The molecular weight excluding hydrogens is 256 g/mol. The molecule has 0 aliphatic rings. The van der Waals surface area contributed by atoms with Crippen molar-refractivity contribution < 1.29 is 9.53 Å². The van der Waals surface area contributed by atoms with Gasteiger partial charge in [0.05, 0.1) is 25.4 Å². The first kappa shape index (κ1) is 14.1. The summed E-state index contributed by atoms with van der Waals surface area (Å²) in [5, 5.41) is 6.82. The molecule has 0 radical (unpaired) electrons. The van der Waals surface area contributed by atoms with Crippen LogP contribution in [0, 0.1) is 0 Å². The molecule has 1 heterocycles. The number of anilines is 1. The van der Waals surface area contributed by atoms with E-state index in [1.54, 1.807) is 17.1 Å². The molecule has 0 atom stereocenters. The van der Waals surface area contributed by atoms with Crippen LogP contribution in [0.25, 0.3) is 0 Å². The largest absolute Gasteiger partial charge is 0.490 e. The van der Waals surface area contributed by atoms with Gasteiger partial charge in [-0.3, -0.25) is 9.48 Å². The van der Waals surface area contributed by atoms with Crippen LogP contribution >= 0.6 is 0 Å². The van der Waals surface area contributed by atoms with Crippen molar-refractivity contribution in [2.75, 3.05) is 11.9 Å². The summed E-state index contributed by atoms with van der Waals surface area (Å²) in [5.41, 5.74) is 7.28. The highest BCUT2D eigenvalue weighted by Gasteiger charge is 2.06. The first-order valence-corrected chi connectivity index (χ1v) is 6.38. The molecule has 0 spiro atoms. The minimum atomic E-state index is -0.102. The molecule has 6 heteroatoms. The van der Waals surface area contributed by atoms with Gasteiger partial charge in [-0.15, -0.1) is 0 Å². The van der Waals surface area contributed by atoms with E-state index in [0.717, 1.165) is 11.3 Å². The predicted octanol–water partition coefficient (Wildman–Crippen LogP) is 1.29. The number of carbonyl (C=O) groups excluding carboxylic acids is 1. The van der Waals surface area contributed by atoms with Crippen molar-refractivity contribution in [3.05, 3.63) is 42.2 Å². The van der Waals surface area contributed by atoms with Gasteiger partial charge in [0.25, 0.3) is 0 Å².